The summed E-state index contributed by atoms with van der Waals surface area (Å²) in [6, 6.07) is 7.96. The molecule has 17 heavy (non-hydrogen) atoms. The molecule has 0 aliphatic carbocycles. The first-order chi connectivity index (χ1) is 8.00. The summed E-state index contributed by atoms with van der Waals surface area (Å²) < 4.78 is 0. The standard InChI is InChI=1S/C12H15NO4/c1-8(7-10(14)15)13-12(17)11(16)9-5-3-2-4-6-9/h2-6,8,11,16H,7H2,1H3,(H,13,17)(H,14,15). The predicted octanol–water partition coefficient (Wildman–Crippen LogP) is 0.699. The molecule has 3 N–H and O–H groups in total. The van der Waals surface area contributed by atoms with Crippen LogP contribution < -0.4 is 5.32 Å². The van der Waals surface area contributed by atoms with Gasteiger partial charge in [0.1, 0.15) is 0 Å². The molecule has 0 aromatic heterocycles. The summed E-state index contributed by atoms with van der Waals surface area (Å²) in [5.74, 6) is -1.59. The quantitative estimate of drug-likeness (QED) is 0.703. The summed E-state index contributed by atoms with van der Waals surface area (Å²) in [5.41, 5.74) is 0.479. The Morgan fingerprint density at radius 2 is 1.88 bits per heavy atom. The molecule has 0 spiro atoms. The Morgan fingerprint density at radius 3 is 2.41 bits per heavy atom. The van der Waals surface area contributed by atoms with Crippen LogP contribution in [0, 0.1) is 0 Å². The van der Waals surface area contributed by atoms with Crippen molar-refractivity contribution < 1.29 is 19.8 Å². The highest BCUT2D eigenvalue weighted by atomic mass is 16.4. The number of aliphatic hydroxyl groups is 1. The average molecular weight is 237 g/mol. The molecule has 0 aliphatic heterocycles. The smallest absolute Gasteiger partial charge is 0.305 e. The maximum Gasteiger partial charge on any atom is 0.305 e. The Bertz CT molecular complexity index is 391. The van der Waals surface area contributed by atoms with Gasteiger partial charge in [-0.3, -0.25) is 9.59 Å². The van der Waals surface area contributed by atoms with Crippen molar-refractivity contribution in [3.05, 3.63) is 35.9 Å². The van der Waals surface area contributed by atoms with Gasteiger partial charge < -0.3 is 15.5 Å². The van der Waals surface area contributed by atoms with Gasteiger partial charge in [-0.2, -0.15) is 0 Å². The summed E-state index contributed by atoms with van der Waals surface area (Å²) in [6.07, 6.45) is -1.44. The molecule has 0 fully saturated rings. The molecule has 0 aliphatic rings. The molecule has 0 saturated carbocycles. The van der Waals surface area contributed by atoms with E-state index in [1.807, 2.05) is 0 Å². The van der Waals surface area contributed by atoms with Crippen LogP contribution in [0.2, 0.25) is 0 Å². The summed E-state index contributed by atoms with van der Waals surface area (Å²) in [5, 5.41) is 20.7. The van der Waals surface area contributed by atoms with Crippen LogP contribution in [0.25, 0.3) is 0 Å². The molecule has 0 bridgehead atoms. The molecule has 1 aromatic carbocycles. The van der Waals surface area contributed by atoms with Gasteiger partial charge in [0.25, 0.3) is 5.91 Å². The topological polar surface area (TPSA) is 86.6 Å². The number of nitrogens with one attached hydrogen (secondary N) is 1. The fourth-order valence-electron chi connectivity index (χ4n) is 1.42. The number of benzene rings is 1. The number of carboxylic acids is 1. The van der Waals surface area contributed by atoms with Crippen LogP contribution in [0.5, 0.6) is 0 Å². The molecule has 1 rings (SSSR count). The number of hydrogen-bond donors (Lipinski definition) is 3. The fraction of sp³-hybridized carbons (Fsp3) is 0.333. The van der Waals surface area contributed by atoms with Gasteiger partial charge >= 0.3 is 5.97 Å². The van der Waals surface area contributed by atoms with Gasteiger partial charge in [0.05, 0.1) is 6.42 Å². The number of carbonyl (C=O) groups excluding carboxylic acids is 1. The lowest BCUT2D eigenvalue weighted by molar-refractivity contribution is -0.138. The Labute approximate surface area is 99.1 Å². The first-order valence-corrected chi connectivity index (χ1v) is 5.26. The highest BCUT2D eigenvalue weighted by Crippen LogP contribution is 2.12. The first kappa shape index (κ1) is 13.2. The maximum absolute atomic E-state index is 11.6. The summed E-state index contributed by atoms with van der Waals surface area (Å²) in [6.45, 7) is 1.57. The van der Waals surface area contributed by atoms with Crippen molar-refractivity contribution in [1.29, 1.82) is 0 Å². The van der Waals surface area contributed by atoms with Crippen molar-refractivity contribution in [2.45, 2.75) is 25.5 Å². The second-order valence-corrected chi connectivity index (χ2v) is 3.82. The SMILES string of the molecule is CC(CC(=O)O)NC(=O)C(O)c1ccccc1. The second kappa shape index (κ2) is 6.00. The molecule has 0 radical (unpaired) electrons. The Hall–Kier alpha value is -1.88. The van der Waals surface area contributed by atoms with Crippen LogP contribution in [0.15, 0.2) is 30.3 Å². The van der Waals surface area contributed by atoms with Gasteiger partial charge in [-0.15, -0.1) is 0 Å². The van der Waals surface area contributed by atoms with Gasteiger partial charge in [0.2, 0.25) is 0 Å². The molecule has 5 nitrogen and oxygen atoms in total. The molecule has 2 unspecified atom stereocenters. The number of carbonyl (C=O) groups is 2. The summed E-state index contributed by atoms with van der Waals surface area (Å²) in [4.78, 5) is 22.0. The van der Waals surface area contributed by atoms with E-state index in [2.05, 4.69) is 5.32 Å². The van der Waals surface area contributed by atoms with E-state index in [4.69, 9.17) is 5.11 Å². The highest BCUT2D eigenvalue weighted by molar-refractivity contribution is 5.82. The van der Waals surface area contributed by atoms with Crippen molar-refractivity contribution in [2.24, 2.45) is 0 Å². The molecule has 2 atom stereocenters. The lowest BCUT2D eigenvalue weighted by atomic mass is 10.1. The van der Waals surface area contributed by atoms with Crippen molar-refractivity contribution in [1.82, 2.24) is 5.32 Å². The van der Waals surface area contributed by atoms with Crippen LogP contribution in [-0.4, -0.2) is 28.1 Å². The second-order valence-electron chi connectivity index (χ2n) is 3.82. The minimum Gasteiger partial charge on any atom is -0.481 e. The van der Waals surface area contributed by atoms with E-state index in [9.17, 15) is 14.7 Å². The Morgan fingerprint density at radius 1 is 1.29 bits per heavy atom. The third-order valence-electron chi connectivity index (χ3n) is 2.23. The number of hydrogen-bond acceptors (Lipinski definition) is 3. The van der Waals surface area contributed by atoms with Gasteiger partial charge in [-0.25, -0.2) is 0 Å². The van der Waals surface area contributed by atoms with Gasteiger partial charge in [0.15, 0.2) is 6.10 Å². The van der Waals surface area contributed by atoms with E-state index in [-0.39, 0.29) is 6.42 Å². The van der Waals surface area contributed by atoms with E-state index < -0.39 is 24.0 Å². The van der Waals surface area contributed by atoms with E-state index in [0.717, 1.165) is 0 Å². The summed E-state index contributed by atoms with van der Waals surface area (Å²) in [7, 11) is 0. The zero-order valence-electron chi connectivity index (χ0n) is 9.46. The minimum atomic E-state index is -1.27. The zero-order chi connectivity index (χ0) is 12.8. The zero-order valence-corrected chi connectivity index (χ0v) is 9.46. The van der Waals surface area contributed by atoms with Gasteiger partial charge in [-0.1, -0.05) is 30.3 Å². The third kappa shape index (κ3) is 4.24. The van der Waals surface area contributed by atoms with Crippen LogP contribution in [-0.2, 0) is 9.59 Å². The Kier molecular flexibility index (Phi) is 4.66. The van der Waals surface area contributed by atoms with Gasteiger partial charge in [-0.05, 0) is 12.5 Å². The lowest BCUT2D eigenvalue weighted by Gasteiger charge is -2.15. The predicted molar refractivity (Wildman–Crippen MR) is 61.3 cm³/mol. The largest absolute Gasteiger partial charge is 0.481 e. The number of amides is 1. The summed E-state index contributed by atoms with van der Waals surface area (Å²) >= 11 is 0. The Balaban J connectivity index is 2.56. The van der Waals surface area contributed by atoms with Crippen LogP contribution in [0.1, 0.15) is 25.0 Å². The molecule has 92 valence electrons. The van der Waals surface area contributed by atoms with Crippen LogP contribution >= 0.6 is 0 Å². The van der Waals surface area contributed by atoms with Crippen molar-refractivity contribution in [2.75, 3.05) is 0 Å². The monoisotopic (exact) mass is 237 g/mol. The molecule has 1 amide bonds. The maximum atomic E-state index is 11.6. The molecule has 5 heteroatoms. The number of aliphatic carboxylic acids is 1. The fourth-order valence-corrected chi connectivity index (χ4v) is 1.42. The van der Waals surface area contributed by atoms with E-state index in [1.54, 1.807) is 37.3 Å². The lowest BCUT2D eigenvalue weighted by Crippen LogP contribution is -2.37. The van der Waals surface area contributed by atoms with Crippen LogP contribution in [0.4, 0.5) is 0 Å². The van der Waals surface area contributed by atoms with E-state index in [0.29, 0.717) is 5.56 Å². The van der Waals surface area contributed by atoms with Gasteiger partial charge in [0, 0.05) is 6.04 Å². The molecule has 1 aromatic rings. The van der Waals surface area contributed by atoms with Crippen molar-refractivity contribution in [3.8, 4) is 0 Å². The third-order valence-corrected chi connectivity index (χ3v) is 2.23. The normalized spacial score (nSPS) is 13.8. The highest BCUT2D eigenvalue weighted by Gasteiger charge is 2.19. The number of aliphatic hydroxyl groups excluding tert-OH is 1. The average Bonchev–Trinajstić information content (AvgIpc) is 2.28. The van der Waals surface area contributed by atoms with Crippen LogP contribution in [0.3, 0.4) is 0 Å². The molecule has 0 heterocycles. The van der Waals surface area contributed by atoms with Crippen molar-refractivity contribution in [3.63, 3.8) is 0 Å². The molecule has 0 saturated heterocycles. The van der Waals surface area contributed by atoms with Crippen molar-refractivity contribution >= 4 is 11.9 Å². The first-order valence-electron chi connectivity index (χ1n) is 5.26. The molecular formula is C12H15NO4. The minimum absolute atomic E-state index is 0.173. The number of carboxylic acid groups (broad SMARTS) is 1. The van der Waals surface area contributed by atoms with E-state index >= 15 is 0 Å². The molecular weight excluding hydrogens is 222 g/mol. The number of rotatable bonds is 5. The van der Waals surface area contributed by atoms with E-state index in [1.165, 1.54) is 0 Å².